The van der Waals surface area contributed by atoms with Gasteiger partial charge in [0.1, 0.15) is 5.82 Å². The summed E-state index contributed by atoms with van der Waals surface area (Å²) in [7, 11) is 0. The van der Waals surface area contributed by atoms with Crippen LogP contribution in [0.5, 0.6) is 0 Å². The molecule has 1 aliphatic carbocycles. The van der Waals surface area contributed by atoms with Crippen molar-refractivity contribution in [1.82, 2.24) is 9.80 Å². The quantitative estimate of drug-likeness (QED) is 0.636. The molecule has 1 unspecified atom stereocenters. The first-order chi connectivity index (χ1) is 16.8. The van der Waals surface area contributed by atoms with E-state index < -0.39 is 11.0 Å². The number of fused-ring (bicyclic) bond motifs is 2. The smallest absolute Gasteiger partial charge is 0.339 e. The number of nitrogens with zero attached hydrogens (tertiary/aromatic N) is 3. The Morgan fingerprint density at radius 3 is 2.34 bits per heavy atom. The van der Waals surface area contributed by atoms with Crippen molar-refractivity contribution in [3.05, 3.63) is 65.0 Å². The van der Waals surface area contributed by atoms with E-state index >= 15 is 4.39 Å². The summed E-state index contributed by atoms with van der Waals surface area (Å²) in [4.78, 5) is 43.3. The first-order valence-electron chi connectivity index (χ1n) is 12.3. The zero-order chi connectivity index (χ0) is 24.4. The van der Waals surface area contributed by atoms with E-state index in [0.29, 0.717) is 69.7 Å². The molecule has 0 radical (unpaired) electrons. The third kappa shape index (κ3) is 3.41. The third-order valence-electron chi connectivity index (χ3n) is 8.16. The summed E-state index contributed by atoms with van der Waals surface area (Å²) in [6, 6.07) is 12.5. The van der Waals surface area contributed by atoms with E-state index in [-0.39, 0.29) is 23.6 Å². The van der Waals surface area contributed by atoms with E-state index in [1.165, 1.54) is 6.07 Å². The molecular weight excluding hydrogens is 449 g/mol. The maximum atomic E-state index is 15.4. The van der Waals surface area contributed by atoms with Crippen molar-refractivity contribution in [3.63, 3.8) is 0 Å². The minimum Gasteiger partial charge on any atom is -0.449 e. The van der Waals surface area contributed by atoms with Crippen LogP contribution in [0.3, 0.4) is 0 Å². The highest BCUT2D eigenvalue weighted by Crippen LogP contribution is 2.53. The minimum atomic E-state index is -0.844. The number of esters is 1. The van der Waals surface area contributed by atoms with Gasteiger partial charge >= 0.3 is 5.97 Å². The van der Waals surface area contributed by atoms with Crippen molar-refractivity contribution in [2.24, 2.45) is 0 Å². The number of hydrogen-bond donors (Lipinski definition) is 0. The molecule has 3 aliphatic heterocycles. The maximum Gasteiger partial charge on any atom is 0.339 e. The number of hydrogen-bond acceptors (Lipinski definition) is 5. The molecule has 182 valence electrons. The number of carbonyl (C=O) groups excluding carboxylic acids is 3. The van der Waals surface area contributed by atoms with E-state index in [4.69, 9.17) is 4.74 Å². The fourth-order valence-electron chi connectivity index (χ4n) is 6.00. The summed E-state index contributed by atoms with van der Waals surface area (Å²) >= 11 is 0. The summed E-state index contributed by atoms with van der Waals surface area (Å²) in [5.74, 6) is -0.743. The summed E-state index contributed by atoms with van der Waals surface area (Å²) in [5.41, 5.74) is 0.970. The number of benzene rings is 2. The van der Waals surface area contributed by atoms with Crippen LogP contribution in [0, 0.1) is 5.82 Å². The molecular formula is C27H28FN3O4. The average Bonchev–Trinajstić information content (AvgIpc) is 3.48. The molecule has 6 rings (SSSR count). The van der Waals surface area contributed by atoms with Crippen LogP contribution in [0.2, 0.25) is 0 Å². The molecule has 0 bridgehead atoms. The predicted octanol–water partition coefficient (Wildman–Crippen LogP) is 2.82. The highest BCUT2D eigenvalue weighted by Gasteiger charge is 2.58. The minimum absolute atomic E-state index is 0.0555. The van der Waals surface area contributed by atoms with Crippen LogP contribution in [0.1, 0.15) is 47.7 Å². The molecule has 0 N–H and O–H groups in total. The average molecular weight is 478 g/mol. The zero-order valence-corrected chi connectivity index (χ0v) is 19.8. The van der Waals surface area contributed by atoms with E-state index in [9.17, 15) is 14.4 Å². The van der Waals surface area contributed by atoms with Crippen molar-refractivity contribution >= 4 is 23.5 Å². The highest BCUT2D eigenvalue weighted by atomic mass is 19.1. The Bertz CT molecular complexity index is 1230. The largest absolute Gasteiger partial charge is 0.449 e. The first kappa shape index (κ1) is 22.1. The van der Waals surface area contributed by atoms with Crippen LogP contribution in [-0.2, 0) is 25.3 Å². The van der Waals surface area contributed by atoms with Crippen molar-refractivity contribution < 1.29 is 23.5 Å². The van der Waals surface area contributed by atoms with Gasteiger partial charge in [0.2, 0.25) is 11.8 Å². The number of ether oxygens (including phenoxy) is 1. The van der Waals surface area contributed by atoms with Gasteiger partial charge in [0.15, 0.2) is 5.60 Å². The molecule has 2 aromatic carbocycles. The molecule has 2 aromatic rings. The van der Waals surface area contributed by atoms with Gasteiger partial charge in [-0.3, -0.25) is 9.59 Å². The van der Waals surface area contributed by atoms with Gasteiger partial charge < -0.3 is 19.4 Å². The molecule has 35 heavy (non-hydrogen) atoms. The number of carbonyl (C=O) groups is 3. The second kappa shape index (κ2) is 7.80. The van der Waals surface area contributed by atoms with Gasteiger partial charge in [0, 0.05) is 62.9 Å². The number of halogens is 1. The van der Waals surface area contributed by atoms with Crippen LogP contribution in [-0.4, -0.2) is 66.9 Å². The molecule has 0 aromatic heterocycles. The lowest BCUT2D eigenvalue weighted by molar-refractivity contribution is -0.134. The molecule has 3 fully saturated rings. The van der Waals surface area contributed by atoms with Gasteiger partial charge in [-0.15, -0.1) is 0 Å². The summed E-state index contributed by atoms with van der Waals surface area (Å²) < 4.78 is 21.2. The Morgan fingerprint density at radius 1 is 0.914 bits per heavy atom. The van der Waals surface area contributed by atoms with Gasteiger partial charge in [-0.2, -0.15) is 0 Å². The van der Waals surface area contributed by atoms with Crippen LogP contribution < -0.4 is 4.90 Å². The topological polar surface area (TPSA) is 70.2 Å². The van der Waals surface area contributed by atoms with Crippen LogP contribution in [0.4, 0.5) is 10.1 Å². The third-order valence-corrected chi connectivity index (χ3v) is 8.16. The Morgan fingerprint density at radius 2 is 1.66 bits per heavy atom. The molecule has 4 aliphatic rings. The Balaban J connectivity index is 1.20. The molecule has 1 spiro atoms. The summed E-state index contributed by atoms with van der Waals surface area (Å²) in [5, 5.41) is 0. The SMILES string of the molecule is CC(=O)N1CCN(c2ccc(C3(C(=O)N4CCC5(C4)OC(=O)c4ccccc45)CC3)c(F)c2)CC1. The fraction of sp³-hybridized carbons (Fsp3) is 0.444. The van der Waals surface area contributed by atoms with E-state index in [2.05, 4.69) is 4.90 Å². The Hall–Kier alpha value is -3.42. The fourth-order valence-corrected chi connectivity index (χ4v) is 6.00. The first-order valence-corrected chi connectivity index (χ1v) is 12.3. The van der Waals surface area contributed by atoms with Crippen molar-refractivity contribution in [3.8, 4) is 0 Å². The molecule has 3 heterocycles. The lowest BCUT2D eigenvalue weighted by Crippen LogP contribution is -2.48. The maximum absolute atomic E-state index is 15.4. The normalized spacial score (nSPS) is 24.5. The molecule has 1 saturated carbocycles. The predicted molar refractivity (Wildman–Crippen MR) is 127 cm³/mol. The van der Waals surface area contributed by atoms with Gasteiger partial charge in [0.05, 0.1) is 17.5 Å². The molecule has 1 atom stereocenters. The van der Waals surface area contributed by atoms with E-state index in [1.807, 2.05) is 24.3 Å². The standard InChI is InChI=1S/C27H28FN3O4/c1-18(32)29-12-14-30(15-13-29)19-6-7-22(23(28)16-19)26(8-9-26)25(34)31-11-10-27(17-31)21-5-3-2-4-20(21)24(33)35-27/h2-7,16H,8-15,17H2,1H3. The lowest BCUT2D eigenvalue weighted by Gasteiger charge is -2.36. The number of rotatable bonds is 3. The van der Waals surface area contributed by atoms with Crippen molar-refractivity contribution in [2.45, 2.75) is 37.2 Å². The molecule has 8 heteroatoms. The second-order valence-corrected chi connectivity index (χ2v) is 10.1. The molecule has 2 saturated heterocycles. The summed E-state index contributed by atoms with van der Waals surface area (Å²) in [6.07, 6.45) is 1.77. The molecule has 7 nitrogen and oxygen atoms in total. The summed E-state index contributed by atoms with van der Waals surface area (Å²) in [6.45, 7) is 4.88. The van der Waals surface area contributed by atoms with E-state index in [1.54, 1.807) is 28.9 Å². The number of piperazine rings is 1. The van der Waals surface area contributed by atoms with Gasteiger partial charge in [-0.05, 0) is 31.0 Å². The van der Waals surface area contributed by atoms with Crippen LogP contribution >= 0.6 is 0 Å². The second-order valence-electron chi connectivity index (χ2n) is 10.1. The van der Waals surface area contributed by atoms with Crippen molar-refractivity contribution in [2.75, 3.05) is 44.2 Å². The molecule has 2 amide bonds. The van der Waals surface area contributed by atoms with Gasteiger partial charge in [-0.25, -0.2) is 9.18 Å². The van der Waals surface area contributed by atoms with Gasteiger partial charge in [-0.1, -0.05) is 24.3 Å². The van der Waals surface area contributed by atoms with Crippen LogP contribution in [0.25, 0.3) is 0 Å². The number of amides is 2. The number of anilines is 1. The van der Waals surface area contributed by atoms with Gasteiger partial charge in [0.25, 0.3) is 0 Å². The highest BCUT2D eigenvalue weighted by molar-refractivity contribution is 5.96. The monoisotopic (exact) mass is 477 g/mol. The van der Waals surface area contributed by atoms with E-state index in [0.717, 1.165) is 11.3 Å². The van der Waals surface area contributed by atoms with Crippen molar-refractivity contribution in [1.29, 1.82) is 0 Å². The zero-order valence-electron chi connectivity index (χ0n) is 19.8. The lowest BCUT2D eigenvalue weighted by atomic mass is 9.91. The number of likely N-dealkylation sites (tertiary alicyclic amines) is 1. The van der Waals surface area contributed by atoms with Crippen LogP contribution in [0.15, 0.2) is 42.5 Å². The Labute approximate surface area is 203 Å². The Kier molecular flexibility index (Phi) is 4.92.